The van der Waals surface area contributed by atoms with E-state index in [4.69, 9.17) is 4.74 Å². The van der Waals surface area contributed by atoms with Crippen molar-refractivity contribution in [2.45, 2.75) is 45.9 Å². The van der Waals surface area contributed by atoms with Gasteiger partial charge in [0.2, 0.25) is 0 Å². The molecule has 6 nitrogen and oxygen atoms in total. The Morgan fingerprint density at radius 3 is 2.64 bits per heavy atom. The topological polar surface area (TPSA) is 78.8 Å². The van der Waals surface area contributed by atoms with Crippen molar-refractivity contribution >= 4 is 41.3 Å². The molecular formula is C20H31IN4O2S. The lowest BCUT2D eigenvalue weighted by Crippen LogP contribution is -2.42. The van der Waals surface area contributed by atoms with Crippen LogP contribution in [0, 0.1) is 0 Å². The fourth-order valence-electron chi connectivity index (χ4n) is 2.31. The van der Waals surface area contributed by atoms with Crippen molar-refractivity contribution in [2.75, 3.05) is 19.7 Å². The van der Waals surface area contributed by atoms with Gasteiger partial charge >= 0.3 is 0 Å². The standard InChI is InChI=1S/C20H30N4O2S.HI/c1-4-21-20(23-11-19-24-18(14-27-19)15(2)3)22-10-17(25)13-26-12-16-8-6-5-7-9-16;/h5-9,14-15,17,25H,4,10-13H2,1-3H3,(H2,21,22,23);1H. The summed E-state index contributed by atoms with van der Waals surface area (Å²) in [5, 5.41) is 19.5. The molecule has 8 heteroatoms. The van der Waals surface area contributed by atoms with Crippen molar-refractivity contribution in [1.29, 1.82) is 0 Å². The summed E-state index contributed by atoms with van der Waals surface area (Å²) in [6, 6.07) is 9.93. The zero-order valence-electron chi connectivity index (χ0n) is 16.7. The summed E-state index contributed by atoms with van der Waals surface area (Å²) in [6.45, 7) is 8.69. The highest BCUT2D eigenvalue weighted by atomic mass is 127. The van der Waals surface area contributed by atoms with Gasteiger partial charge in [-0.25, -0.2) is 9.98 Å². The third-order valence-electron chi connectivity index (χ3n) is 3.80. The minimum absolute atomic E-state index is 0. The van der Waals surface area contributed by atoms with Crippen LogP contribution in [0.15, 0.2) is 40.7 Å². The average Bonchev–Trinajstić information content (AvgIpc) is 3.14. The van der Waals surface area contributed by atoms with Crippen molar-refractivity contribution in [1.82, 2.24) is 15.6 Å². The number of rotatable bonds is 10. The molecule has 3 N–H and O–H groups in total. The van der Waals surface area contributed by atoms with Gasteiger partial charge in [-0.1, -0.05) is 44.2 Å². The Hall–Kier alpha value is -1.23. The summed E-state index contributed by atoms with van der Waals surface area (Å²) in [5.41, 5.74) is 2.20. The molecule has 0 aliphatic heterocycles. The number of benzene rings is 1. The van der Waals surface area contributed by atoms with Gasteiger partial charge in [0, 0.05) is 18.5 Å². The molecule has 1 aromatic heterocycles. The lowest BCUT2D eigenvalue weighted by atomic mass is 10.2. The molecule has 0 amide bonds. The number of aromatic nitrogens is 1. The minimum Gasteiger partial charge on any atom is -0.389 e. The first kappa shape index (κ1) is 24.8. The van der Waals surface area contributed by atoms with E-state index in [1.54, 1.807) is 11.3 Å². The lowest BCUT2D eigenvalue weighted by Gasteiger charge is -2.15. The Bertz CT molecular complexity index is 695. The minimum atomic E-state index is -0.607. The van der Waals surface area contributed by atoms with E-state index in [1.807, 2.05) is 37.3 Å². The summed E-state index contributed by atoms with van der Waals surface area (Å²) >= 11 is 1.63. The first-order valence-corrected chi connectivity index (χ1v) is 10.2. The number of nitrogens with one attached hydrogen (secondary N) is 2. The second kappa shape index (κ2) is 13.9. The van der Waals surface area contributed by atoms with Crippen LogP contribution in [-0.4, -0.2) is 41.9 Å². The van der Waals surface area contributed by atoms with Crippen molar-refractivity contribution in [3.63, 3.8) is 0 Å². The number of aliphatic hydroxyl groups excluding tert-OH is 1. The van der Waals surface area contributed by atoms with Crippen LogP contribution in [0.4, 0.5) is 0 Å². The van der Waals surface area contributed by atoms with E-state index in [0.29, 0.717) is 31.6 Å². The summed E-state index contributed by atoms with van der Waals surface area (Å²) in [7, 11) is 0. The highest BCUT2D eigenvalue weighted by Crippen LogP contribution is 2.18. The molecule has 0 saturated heterocycles. The van der Waals surface area contributed by atoms with Crippen LogP contribution in [0.3, 0.4) is 0 Å². The predicted molar refractivity (Wildman–Crippen MR) is 127 cm³/mol. The average molecular weight is 518 g/mol. The van der Waals surface area contributed by atoms with Crippen LogP contribution in [0.25, 0.3) is 0 Å². The number of guanidine groups is 1. The molecular weight excluding hydrogens is 487 g/mol. The maximum absolute atomic E-state index is 10.1. The molecule has 0 bridgehead atoms. The second-order valence-corrected chi connectivity index (χ2v) is 7.49. The molecule has 1 unspecified atom stereocenters. The monoisotopic (exact) mass is 518 g/mol. The van der Waals surface area contributed by atoms with E-state index in [0.717, 1.165) is 22.8 Å². The van der Waals surface area contributed by atoms with Gasteiger partial charge in [-0.2, -0.15) is 0 Å². The summed E-state index contributed by atoms with van der Waals surface area (Å²) in [4.78, 5) is 9.14. The number of thiazole rings is 1. The molecule has 1 aromatic carbocycles. The van der Waals surface area contributed by atoms with Crippen molar-refractivity contribution < 1.29 is 9.84 Å². The Labute approximate surface area is 188 Å². The fraction of sp³-hybridized carbons (Fsp3) is 0.500. The van der Waals surface area contributed by atoms with E-state index < -0.39 is 6.10 Å². The molecule has 156 valence electrons. The Kier molecular flexibility index (Phi) is 12.3. The predicted octanol–water partition coefficient (Wildman–Crippen LogP) is 3.52. The molecule has 0 saturated carbocycles. The highest BCUT2D eigenvalue weighted by molar-refractivity contribution is 14.0. The Morgan fingerprint density at radius 1 is 1.25 bits per heavy atom. The quantitative estimate of drug-likeness (QED) is 0.255. The molecule has 0 radical (unpaired) electrons. The number of halogens is 1. The third kappa shape index (κ3) is 9.31. The first-order chi connectivity index (χ1) is 13.1. The van der Waals surface area contributed by atoms with Crippen LogP contribution in [-0.2, 0) is 17.9 Å². The van der Waals surface area contributed by atoms with E-state index >= 15 is 0 Å². The first-order valence-electron chi connectivity index (χ1n) is 9.34. The van der Waals surface area contributed by atoms with Crippen molar-refractivity contribution in [3.05, 3.63) is 52.0 Å². The molecule has 0 fully saturated rings. The van der Waals surface area contributed by atoms with Crippen LogP contribution >= 0.6 is 35.3 Å². The molecule has 0 aliphatic rings. The molecule has 0 spiro atoms. The van der Waals surface area contributed by atoms with Gasteiger partial charge in [-0.3, -0.25) is 0 Å². The molecule has 1 heterocycles. The van der Waals surface area contributed by atoms with Crippen LogP contribution in [0.2, 0.25) is 0 Å². The van der Waals surface area contributed by atoms with E-state index in [-0.39, 0.29) is 30.6 Å². The number of hydrogen-bond donors (Lipinski definition) is 3. The van der Waals surface area contributed by atoms with Gasteiger partial charge in [-0.05, 0) is 18.4 Å². The SMILES string of the molecule is CCNC(=NCc1nc(C(C)C)cs1)NCC(O)COCc1ccccc1.I. The molecule has 1 atom stereocenters. The largest absolute Gasteiger partial charge is 0.389 e. The number of nitrogens with zero attached hydrogens (tertiary/aromatic N) is 2. The summed E-state index contributed by atoms with van der Waals surface area (Å²) in [6.07, 6.45) is -0.607. The summed E-state index contributed by atoms with van der Waals surface area (Å²) < 4.78 is 5.57. The van der Waals surface area contributed by atoms with Crippen LogP contribution in [0.5, 0.6) is 0 Å². The maximum atomic E-state index is 10.1. The number of aliphatic hydroxyl groups is 1. The zero-order valence-corrected chi connectivity index (χ0v) is 19.9. The van der Waals surface area contributed by atoms with Crippen molar-refractivity contribution in [3.8, 4) is 0 Å². The Morgan fingerprint density at radius 2 is 2.00 bits per heavy atom. The fourth-order valence-corrected chi connectivity index (χ4v) is 3.19. The number of hydrogen-bond acceptors (Lipinski definition) is 5. The molecule has 28 heavy (non-hydrogen) atoms. The maximum Gasteiger partial charge on any atom is 0.191 e. The van der Waals surface area contributed by atoms with Crippen molar-refractivity contribution in [2.24, 2.45) is 4.99 Å². The molecule has 0 aliphatic carbocycles. The van der Waals surface area contributed by atoms with Gasteiger partial charge in [0.15, 0.2) is 5.96 Å². The lowest BCUT2D eigenvalue weighted by molar-refractivity contribution is 0.0308. The van der Waals surface area contributed by atoms with Gasteiger partial charge in [0.1, 0.15) is 5.01 Å². The van der Waals surface area contributed by atoms with Gasteiger partial charge in [-0.15, -0.1) is 35.3 Å². The van der Waals surface area contributed by atoms with Crippen LogP contribution in [0.1, 0.15) is 43.0 Å². The number of ether oxygens (including phenoxy) is 1. The number of aliphatic imine (C=N–C) groups is 1. The van der Waals surface area contributed by atoms with Gasteiger partial charge < -0.3 is 20.5 Å². The summed E-state index contributed by atoms with van der Waals surface area (Å²) in [5.74, 6) is 1.09. The second-order valence-electron chi connectivity index (χ2n) is 6.55. The van der Waals surface area contributed by atoms with Gasteiger partial charge in [0.25, 0.3) is 0 Å². The van der Waals surface area contributed by atoms with E-state index in [9.17, 15) is 5.11 Å². The molecule has 2 aromatic rings. The molecule has 2 rings (SSSR count). The van der Waals surface area contributed by atoms with E-state index in [2.05, 4.69) is 39.8 Å². The normalized spacial score (nSPS) is 12.5. The van der Waals surface area contributed by atoms with E-state index in [1.165, 1.54) is 0 Å². The van der Waals surface area contributed by atoms with Crippen LogP contribution < -0.4 is 10.6 Å². The Balaban J connectivity index is 0.00000392. The van der Waals surface area contributed by atoms with Gasteiger partial charge in [0.05, 0.1) is 31.6 Å². The third-order valence-corrected chi connectivity index (χ3v) is 4.66. The zero-order chi connectivity index (χ0) is 19.5. The smallest absolute Gasteiger partial charge is 0.191 e. The highest BCUT2D eigenvalue weighted by Gasteiger charge is 2.08.